The Morgan fingerprint density at radius 2 is 1.90 bits per heavy atom. The number of fused-ring (bicyclic) bond motifs is 3. The molecule has 0 saturated heterocycles. The summed E-state index contributed by atoms with van der Waals surface area (Å²) < 4.78 is 26.0. The molecule has 1 heterocycles. The summed E-state index contributed by atoms with van der Waals surface area (Å²) in [6, 6.07) is 25.8. The maximum absolute atomic E-state index is 13.5. The molecule has 0 amide bonds. The second-order valence-corrected chi connectivity index (χ2v) is 11.5. The highest BCUT2D eigenvalue weighted by Crippen LogP contribution is 2.50. The Balaban J connectivity index is 1.17. The van der Waals surface area contributed by atoms with Crippen molar-refractivity contribution in [3.63, 3.8) is 0 Å². The molecule has 2 aliphatic rings. The van der Waals surface area contributed by atoms with Gasteiger partial charge < -0.3 is 14.8 Å². The molecule has 6 rings (SSSR count). The third kappa shape index (κ3) is 5.50. The minimum atomic E-state index is -0.280. The van der Waals surface area contributed by atoms with E-state index in [4.69, 9.17) is 14.5 Å². The van der Waals surface area contributed by atoms with Crippen LogP contribution in [0.15, 0.2) is 96.0 Å². The maximum atomic E-state index is 13.5. The molecule has 1 N–H and O–H groups in total. The molecule has 0 unspecified atom stereocenters. The van der Waals surface area contributed by atoms with E-state index in [0.717, 1.165) is 26.8 Å². The monoisotopic (exact) mass is 644 g/mol. The van der Waals surface area contributed by atoms with Gasteiger partial charge in [-0.05, 0) is 107 Å². The van der Waals surface area contributed by atoms with E-state index in [2.05, 4.69) is 89.4 Å². The molecule has 1 aliphatic heterocycles. The van der Waals surface area contributed by atoms with Gasteiger partial charge in [0.25, 0.3) is 0 Å². The molecule has 0 spiro atoms. The first-order chi connectivity index (χ1) is 19.5. The molecule has 202 valence electrons. The summed E-state index contributed by atoms with van der Waals surface area (Å²) in [7, 11) is 1.61. The van der Waals surface area contributed by atoms with Crippen molar-refractivity contribution in [1.29, 1.82) is 0 Å². The first kappa shape index (κ1) is 26.6. The molecular formula is C34H30FIN2O2. The highest BCUT2D eigenvalue weighted by molar-refractivity contribution is 14.1. The zero-order chi connectivity index (χ0) is 27.6. The van der Waals surface area contributed by atoms with Gasteiger partial charge in [0.15, 0.2) is 11.5 Å². The lowest BCUT2D eigenvalue weighted by molar-refractivity contribution is 0.282. The van der Waals surface area contributed by atoms with Crippen molar-refractivity contribution in [2.45, 2.75) is 31.9 Å². The first-order valence-corrected chi connectivity index (χ1v) is 14.5. The number of aliphatic imine (C=N–C) groups is 1. The van der Waals surface area contributed by atoms with Crippen LogP contribution in [0.4, 0.5) is 15.8 Å². The smallest absolute Gasteiger partial charge is 0.174 e. The fraction of sp³-hybridized carbons (Fsp3) is 0.206. The molecule has 4 aromatic rings. The number of hydrogen-bond acceptors (Lipinski definition) is 4. The van der Waals surface area contributed by atoms with Crippen molar-refractivity contribution in [2.75, 3.05) is 12.4 Å². The van der Waals surface area contributed by atoms with Gasteiger partial charge in [-0.15, -0.1) is 0 Å². The molecule has 0 bridgehead atoms. The van der Waals surface area contributed by atoms with E-state index in [-0.39, 0.29) is 18.5 Å². The quantitative estimate of drug-likeness (QED) is 0.124. The number of rotatable bonds is 7. The van der Waals surface area contributed by atoms with Crippen LogP contribution in [-0.4, -0.2) is 13.3 Å². The van der Waals surface area contributed by atoms with Crippen molar-refractivity contribution in [1.82, 2.24) is 0 Å². The van der Waals surface area contributed by atoms with Crippen LogP contribution in [0.3, 0.4) is 0 Å². The van der Waals surface area contributed by atoms with Crippen molar-refractivity contribution in [3.05, 3.63) is 128 Å². The molecule has 4 nitrogen and oxygen atoms in total. The highest BCUT2D eigenvalue weighted by Gasteiger charge is 2.37. The van der Waals surface area contributed by atoms with E-state index in [1.807, 2.05) is 24.4 Å². The van der Waals surface area contributed by atoms with Gasteiger partial charge in [-0.3, -0.25) is 4.99 Å². The van der Waals surface area contributed by atoms with E-state index >= 15 is 0 Å². The van der Waals surface area contributed by atoms with E-state index in [1.54, 1.807) is 13.2 Å². The Bertz CT molecular complexity index is 1600. The third-order valence-corrected chi connectivity index (χ3v) is 8.46. The Morgan fingerprint density at radius 3 is 2.70 bits per heavy atom. The summed E-state index contributed by atoms with van der Waals surface area (Å²) in [5.74, 6) is 1.93. The predicted molar refractivity (Wildman–Crippen MR) is 168 cm³/mol. The molecular weight excluding hydrogens is 614 g/mol. The SMILES string of the molecule is COc1cc(C=Nc2ccc([C@@H]3Nc4ccc(C)cc4[C@H]4C=CC[C@H]43)cc2)cc(I)c1OCc1cccc(F)c1. The van der Waals surface area contributed by atoms with Gasteiger partial charge in [0, 0.05) is 17.8 Å². The molecule has 6 heteroatoms. The number of ether oxygens (including phenoxy) is 2. The number of hydrogen-bond donors (Lipinski definition) is 1. The standard InChI is InChI=1S/C34H30FIN2O2/c1-21-9-14-31-29(15-21)27-7-4-8-28(27)33(38-31)24-10-12-26(13-11-24)37-19-23-17-30(36)34(32(18-23)39-2)40-20-22-5-3-6-25(35)16-22/h3-7,9-19,27-28,33,38H,8,20H2,1-2H3/t27-,28+,33-/m0/s1. The lowest BCUT2D eigenvalue weighted by Gasteiger charge is -2.37. The molecule has 0 radical (unpaired) electrons. The van der Waals surface area contributed by atoms with Gasteiger partial charge >= 0.3 is 0 Å². The van der Waals surface area contributed by atoms with Crippen molar-refractivity contribution < 1.29 is 13.9 Å². The van der Waals surface area contributed by atoms with Gasteiger partial charge in [0.2, 0.25) is 0 Å². The molecule has 0 aromatic heterocycles. The van der Waals surface area contributed by atoms with E-state index in [1.165, 1.54) is 34.5 Å². The number of halogens is 2. The number of anilines is 1. The molecule has 0 fully saturated rings. The van der Waals surface area contributed by atoms with Crippen LogP contribution in [0.5, 0.6) is 11.5 Å². The second-order valence-electron chi connectivity index (χ2n) is 10.4. The van der Waals surface area contributed by atoms with Crippen LogP contribution < -0.4 is 14.8 Å². The lowest BCUT2D eigenvalue weighted by Crippen LogP contribution is -2.29. The first-order valence-electron chi connectivity index (χ1n) is 13.4. The zero-order valence-corrected chi connectivity index (χ0v) is 24.6. The van der Waals surface area contributed by atoms with Crippen LogP contribution in [0.25, 0.3) is 0 Å². The van der Waals surface area contributed by atoms with Crippen molar-refractivity contribution >= 4 is 40.2 Å². The normalized spacial score (nSPS) is 19.2. The fourth-order valence-corrected chi connectivity index (χ4v) is 6.48. The number of aryl methyl sites for hydroxylation is 1. The Morgan fingerprint density at radius 1 is 1.05 bits per heavy atom. The average molecular weight is 645 g/mol. The Kier molecular flexibility index (Phi) is 7.61. The van der Waals surface area contributed by atoms with Crippen LogP contribution in [0, 0.1) is 22.2 Å². The van der Waals surface area contributed by atoms with E-state index in [0.29, 0.717) is 23.3 Å². The number of allylic oxidation sites excluding steroid dienone is 2. The summed E-state index contributed by atoms with van der Waals surface area (Å²) in [5.41, 5.74) is 7.78. The molecule has 40 heavy (non-hydrogen) atoms. The highest BCUT2D eigenvalue weighted by atomic mass is 127. The van der Waals surface area contributed by atoms with Gasteiger partial charge in [-0.2, -0.15) is 0 Å². The fourth-order valence-electron chi connectivity index (χ4n) is 5.70. The van der Waals surface area contributed by atoms with Crippen molar-refractivity contribution in [2.24, 2.45) is 10.9 Å². The summed E-state index contributed by atoms with van der Waals surface area (Å²) in [5, 5.41) is 3.81. The Hall–Kier alpha value is -3.65. The Labute approximate surface area is 248 Å². The predicted octanol–water partition coefficient (Wildman–Crippen LogP) is 8.90. The minimum absolute atomic E-state index is 0.253. The minimum Gasteiger partial charge on any atom is -0.493 e. The number of nitrogens with zero attached hydrogens (tertiary/aromatic N) is 1. The summed E-state index contributed by atoms with van der Waals surface area (Å²) >= 11 is 2.23. The van der Waals surface area contributed by atoms with Gasteiger partial charge in [-0.1, -0.05) is 54.1 Å². The van der Waals surface area contributed by atoms with Crippen LogP contribution >= 0.6 is 22.6 Å². The lowest BCUT2D eigenvalue weighted by atomic mass is 9.76. The third-order valence-electron chi connectivity index (χ3n) is 7.66. The number of methoxy groups -OCH3 is 1. The zero-order valence-electron chi connectivity index (χ0n) is 22.4. The summed E-state index contributed by atoms with van der Waals surface area (Å²) in [6.07, 6.45) is 7.62. The van der Waals surface area contributed by atoms with Crippen LogP contribution in [0.1, 0.15) is 46.2 Å². The summed E-state index contributed by atoms with van der Waals surface area (Å²) in [4.78, 5) is 4.73. The van der Waals surface area contributed by atoms with Gasteiger partial charge in [-0.25, -0.2) is 4.39 Å². The molecule has 3 atom stereocenters. The topological polar surface area (TPSA) is 42.8 Å². The number of nitrogens with one attached hydrogen (secondary N) is 1. The van der Waals surface area contributed by atoms with E-state index in [9.17, 15) is 4.39 Å². The molecule has 0 saturated carbocycles. The van der Waals surface area contributed by atoms with E-state index < -0.39 is 0 Å². The van der Waals surface area contributed by atoms with Crippen molar-refractivity contribution in [3.8, 4) is 11.5 Å². The van der Waals surface area contributed by atoms with Crippen LogP contribution in [-0.2, 0) is 6.61 Å². The second kappa shape index (κ2) is 11.5. The summed E-state index contributed by atoms with van der Waals surface area (Å²) in [6.45, 7) is 2.41. The van der Waals surface area contributed by atoms with Gasteiger partial charge in [0.05, 0.1) is 22.4 Å². The largest absolute Gasteiger partial charge is 0.493 e. The van der Waals surface area contributed by atoms with Gasteiger partial charge in [0.1, 0.15) is 12.4 Å². The molecule has 1 aliphatic carbocycles. The molecule has 4 aromatic carbocycles. The maximum Gasteiger partial charge on any atom is 0.174 e. The average Bonchev–Trinajstić information content (AvgIpc) is 3.46. The number of benzene rings is 4. The van der Waals surface area contributed by atoms with Crippen LogP contribution in [0.2, 0.25) is 0 Å².